The normalized spacial score (nSPS) is 14.9. The lowest BCUT2D eigenvalue weighted by molar-refractivity contribution is -0.137. The summed E-state index contributed by atoms with van der Waals surface area (Å²) in [7, 11) is 0. The molecule has 0 saturated carbocycles. The second-order valence-corrected chi connectivity index (χ2v) is 9.58. The predicted molar refractivity (Wildman–Crippen MR) is 131 cm³/mol. The highest BCUT2D eigenvalue weighted by Gasteiger charge is 2.29. The summed E-state index contributed by atoms with van der Waals surface area (Å²) in [5.41, 5.74) is 0.709. The second-order valence-electron chi connectivity index (χ2n) is 9.58. The first kappa shape index (κ1) is 25.9. The number of aliphatic imine (C=N–C) groups is 2. The number of carboxylic acid groups (broad SMARTS) is 1. The number of amidine groups is 1. The number of Topliss-reactive ketones (excluding diaryl/α,β-unsaturated/α-hetero) is 1. The maximum Gasteiger partial charge on any atom is 0.416 e. The van der Waals surface area contributed by atoms with Crippen molar-refractivity contribution >= 4 is 29.9 Å². The number of carbonyl (C=O) groups excluding carboxylic acids is 2. The third-order valence-corrected chi connectivity index (χ3v) is 5.19. The Morgan fingerprint density at radius 2 is 1.94 bits per heavy atom. The molecule has 0 radical (unpaired) electrons. The molecule has 0 aromatic heterocycles. The Kier molecular flexibility index (Phi) is 7.93. The highest BCUT2D eigenvalue weighted by atomic mass is 16.6. The van der Waals surface area contributed by atoms with Crippen molar-refractivity contribution in [2.45, 2.75) is 52.7 Å². The molecule has 0 saturated heterocycles. The van der Waals surface area contributed by atoms with Gasteiger partial charge in [0.15, 0.2) is 5.78 Å². The SMILES string of the molecule is CC(C)N(C(=O)OC(C)(C)C)C1=NC(N(CC(=O)O)CC(=O)c2ccc3c(c2)CCO3)=CC=NC1. The van der Waals surface area contributed by atoms with E-state index in [1.165, 1.54) is 22.1 Å². The molecule has 2 heterocycles. The monoisotopic (exact) mass is 484 g/mol. The van der Waals surface area contributed by atoms with Crippen LogP contribution in [0.5, 0.6) is 5.75 Å². The molecule has 10 nitrogen and oxygen atoms in total. The van der Waals surface area contributed by atoms with Gasteiger partial charge in [-0.1, -0.05) is 0 Å². The van der Waals surface area contributed by atoms with Gasteiger partial charge in [-0.05, 0) is 64.5 Å². The Hall–Kier alpha value is -3.69. The number of rotatable bonds is 7. The number of hydrogen-bond acceptors (Lipinski definition) is 8. The number of carbonyl (C=O) groups is 3. The summed E-state index contributed by atoms with van der Waals surface area (Å²) in [5, 5.41) is 9.51. The van der Waals surface area contributed by atoms with E-state index in [1.807, 2.05) is 13.8 Å². The van der Waals surface area contributed by atoms with Gasteiger partial charge in [0.2, 0.25) is 0 Å². The van der Waals surface area contributed by atoms with Gasteiger partial charge in [-0.25, -0.2) is 9.79 Å². The molecule has 0 bridgehead atoms. The molecule has 0 unspecified atom stereocenters. The molecule has 35 heavy (non-hydrogen) atoms. The van der Waals surface area contributed by atoms with Crippen LogP contribution in [0.4, 0.5) is 4.79 Å². The molecule has 2 aliphatic rings. The summed E-state index contributed by atoms with van der Waals surface area (Å²) in [6.07, 6.45) is 3.17. The third-order valence-electron chi connectivity index (χ3n) is 5.19. The summed E-state index contributed by atoms with van der Waals surface area (Å²) in [6, 6.07) is 4.92. The van der Waals surface area contributed by atoms with Crippen molar-refractivity contribution in [1.82, 2.24) is 9.80 Å². The van der Waals surface area contributed by atoms with E-state index in [2.05, 4.69) is 9.98 Å². The molecule has 3 rings (SSSR count). The molecular formula is C25H32N4O6. The zero-order valence-corrected chi connectivity index (χ0v) is 20.8. The zero-order chi connectivity index (χ0) is 25.8. The van der Waals surface area contributed by atoms with Gasteiger partial charge >= 0.3 is 12.1 Å². The number of allylic oxidation sites excluding steroid dienone is 1. The first-order valence-electron chi connectivity index (χ1n) is 11.5. The number of carboxylic acids is 1. The van der Waals surface area contributed by atoms with Gasteiger partial charge < -0.3 is 19.5 Å². The topological polar surface area (TPSA) is 121 Å². The van der Waals surface area contributed by atoms with Crippen molar-refractivity contribution in [2.24, 2.45) is 9.98 Å². The van der Waals surface area contributed by atoms with Crippen molar-refractivity contribution in [2.75, 3.05) is 26.2 Å². The van der Waals surface area contributed by atoms with Gasteiger partial charge in [0, 0.05) is 24.2 Å². The number of nitrogens with zero attached hydrogens (tertiary/aromatic N) is 4. The number of benzene rings is 1. The molecule has 1 aromatic carbocycles. The van der Waals surface area contributed by atoms with E-state index >= 15 is 0 Å². The van der Waals surface area contributed by atoms with Gasteiger partial charge in [-0.3, -0.25) is 19.5 Å². The minimum Gasteiger partial charge on any atom is -0.493 e. The Bertz CT molecular complexity index is 1080. The first-order valence-corrected chi connectivity index (χ1v) is 11.5. The molecule has 1 aromatic rings. The molecule has 0 spiro atoms. The summed E-state index contributed by atoms with van der Waals surface area (Å²) in [5.74, 6) is -0.0984. The van der Waals surface area contributed by atoms with Crippen LogP contribution in [-0.2, 0) is 16.0 Å². The lowest BCUT2D eigenvalue weighted by Gasteiger charge is -2.31. The van der Waals surface area contributed by atoms with Crippen LogP contribution in [0.25, 0.3) is 0 Å². The smallest absolute Gasteiger partial charge is 0.416 e. The Morgan fingerprint density at radius 3 is 2.60 bits per heavy atom. The average molecular weight is 485 g/mol. The van der Waals surface area contributed by atoms with Crippen molar-refractivity contribution in [3.05, 3.63) is 41.2 Å². The van der Waals surface area contributed by atoms with Crippen LogP contribution in [0.2, 0.25) is 0 Å². The van der Waals surface area contributed by atoms with Gasteiger partial charge in [-0.2, -0.15) is 0 Å². The predicted octanol–water partition coefficient (Wildman–Crippen LogP) is 3.16. The summed E-state index contributed by atoms with van der Waals surface area (Å²) < 4.78 is 11.0. The van der Waals surface area contributed by atoms with Gasteiger partial charge in [-0.15, -0.1) is 0 Å². The minimum atomic E-state index is -1.12. The summed E-state index contributed by atoms with van der Waals surface area (Å²) >= 11 is 0. The number of amides is 1. The lowest BCUT2D eigenvalue weighted by Crippen LogP contribution is -2.46. The summed E-state index contributed by atoms with van der Waals surface area (Å²) in [6.45, 7) is 8.96. The van der Waals surface area contributed by atoms with Crippen LogP contribution in [-0.4, -0.2) is 82.7 Å². The molecule has 1 N–H and O–H groups in total. The zero-order valence-electron chi connectivity index (χ0n) is 20.8. The number of fused-ring (bicyclic) bond motifs is 1. The van der Waals surface area contributed by atoms with E-state index in [0.29, 0.717) is 18.0 Å². The lowest BCUT2D eigenvalue weighted by atomic mass is 10.1. The van der Waals surface area contributed by atoms with E-state index in [4.69, 9.17) is 9.47 Å². The van der Waals surface area contributed by atoms with E-state index in [1.54, 1.807) is 39.0 Å². The van der Waals surface area contributed by atoms with Crippen molar-refractivity contribution < 1.29 is 29.0 Å². The molecule has 2 aliphatic heterocycles. The van der Waals surface area contributed by atoms with Crippen LogP contribution >= 0.6 is 0 Å². The van der Waals surface area contributed by atoms with Crippen LogP contribution in [0.15, 0.2) is 40.1 Å². The first-order chi connectivity index (χ1) is 16.4. The van der Waals surface area contributed by atoms with E-state index in [9.17, 15) is 19.5 Å². The fourth-order valence-electron chi connectivity index (χ4n) is 3.70. The number of ether oxygens (including phenoxy) is 2. The minimum absolute atomic E-state index is 0.0943. The molecule has 188 valence electrons. The van der Waals surface area contributed by atoms with E-state index in [0.717, 1.165) is 17.7 Å². The van der Waals surface area contributed by atoms with Crippen LogP contribution in [0.1, 0.15) is 50.5 Å². The van der Waals surface area contributed by atoms with Crippen molar-refractivity contribution in [3.8, 4) is 5.75 Å². The largest absolute Gasteiger partial charge is 0.493 e. The maximum absolute atomic E-state index is 13.1. The standard InChI is InChI=1S/C25H32N4O6/c1-16(2)29(24(33)35-25(3,4)5)22-13-26-10-8-21(27-22)28(15-23(31)32)14-19(30)17-6-7-20-18(12-17)9-11-34-20/h6-8,10,12,16H,9,11,13-15H2,1-5H3,(H,31,32). The Morgan fingerprint density at radius 1 is 1.20 bits per heavy atom. The number of hydrogen-bond donors (Lipinski definition) is 1. The molecule has 0 aliphatic carbocycles. The van der Waals surface area contributed by atoms with Gasteiger partial charge in [0.1, 0.15) is 29.6 Å². The highest BCUT2D eigenvalue weighted by molar-refractivity contribution is 6.00. The number of ketones is 1. The van der Waals surface area contributed by atoms with E-state index < -0.39 is 24.2 Å². The second kappa shape index (κ2) is 10.7. The fourth-order valence-corrected chi connectivity index (χ4v) is 3.70. The highest BCUT2D eigenvalue weighted by Crippen LogP contribution is 2.26. The third kappa shape index (κ3) is 6.91. The van der Waals surface area contributed by atoms with Crippen LogP contribution in [0, 0.1) is 0 Å². The Labute approximate surface area is 204 Å². The van der Waals surface area contributed by atoms with Crippen LogP contribution < -0.4 is 4.74 Å². The van der Waals surface area contributed by atoms with Crippen molar-refractivity contribution in [3.63, 3.8) is 0 Å². The van der Waals surface area contributed by atoms with Crippen molar-refractivity contribution in [1.29, 1.82) is 0 Å². The maximum atomic E-state index is 13.1. The van der Waals surface area contributed by atoms with Gasteiger partial charge in [0.05, 0.1) is 19.7 Å². The molecule has 1 amide bonds. The average Bonchev–Trinajstić information content (AvgIpc) is 3.08. The molecule has 0 fully saturated rings. The Balaban J connectivity index is 1.89. The molecule has 0 atom stereocenters. The number of aliphatic carboxylic acids is 1. The van der Waals surface area contributed by atoms with Crippen LogP contribution in [0.3, 0.4) is 0 Å². The van der Waals surface area contributed by atoms with E-state index in [-0.39, 0.29) is 30.7 Å². The quantitative estimate of drug-likeness (QED) is 0.590. The summed E-state index contributed by atoms with van der Waals surface area (Å²) in [4.78, 5) is 49.2. The molecular weight excluding hydrogens is 452 g/mol. The van der Waals surface area contributed by atoms with Gasteiger partial charge in [0.25, 0.3) is 0 Å². The molecule has 10 heteroatoms. The fraction of sp³-hybridized carbons (Fsp3) is 0.480.